The molecule has 0 amide bonds. The molecule has 0 saturated carbocycles. The van der Waals surface area contributed by atoms with Gasteiger partial charge in [-0.1, -0.05) is 53.0 Å². The monoisotopic (exact) mass is 316 g/mol. The maximum absolute atomic E-state index is 6.28. The van der Waals surface area contributed by atoms with Crippen LogP contribution in [0.15, 0.2) is 42.9 Å². The Kier molecular flexibility index (Phi) is 3.82. The van der Waals surface area contributed by atoms with Crippen molar-refractivity contribution >= 4 is 23.2 Å². The summed E-state index contributed by atoms with van der Waals surface area (Å²) in [5.74, 6) is 0.356. The highest BCUT2D eigenvalue weighted by atomic mass is 35.5. The topological polar surface area (TPSA) is 51.6 Å². The van der Waals surface area contributed by atoms with Crippen LogP contribution in [0.2, 0.25) is 10.3 Å². The molecule has 0 aliphatic heterocycles. The van der Waals surface area contributed by atoms with Crippen LogP contribution in [0.5, 0.6) is 0 Å². The van der Waals surface area contributed by atoms with E-state index < -0.39 is 0 Å². The molecule has 3 rings (SSSR count). The van der Waals surface area contributed by atoms with Crippen molar-refractivity contribution in [1.29, 1.82) is 0 Å². The number of aromatic nitrogens is 4. The third kappa shape index (κ3) is 2.86. The average molecular weight is 317 g/mol. The van der Waals surface area contributed by atoms with E-state index in [9.17, 15) is 0 Å². The summed E-state index contributed by atoms with van der Waals surface area (Å²) in [7, 11) is 0. The van der Waals surface area contributed by atoms with Gasteiger partial charge in [0.15, 0.2) is 5.82 Å². The predicted molar refractivity (Wildman–Crippen MR) is 83.3 cm³/mol. The predicted octanol–water partition coefficient (Wildman–Crippen LogP) is 4.22. The summed E-state index contributed by atoms with van der Waals surface area (Å²) in [6.07, 6.45) is 4.70. The lowest BCUT2D eigenvalue weighted by molar-refractivity contribution is 1.11. The van der Waals surface area contributed by atoms with E-state index in [1.54, 1.807) is 18.6 Å². The summed E-state index contributed by atoms with van der Waals surface area (Å²) < 4.78 is 0. The van der Waals surface area contributed by atoms with Crippen molar-refractivity contribution in [2.24, 2.45) is 0 Å². The standard InChI is InChI=1S/C15H10Cl2N4/c1-9-2-4-10(5-3-9)12-13(16)20-15(21-14(12)17)11-8-18-6-7-19-11/h2-8H,1H3. The first-order valence-electron chi connectivity index (χ1n) is 6.21. The van der Waals surface area contributed by atoms with Crippen molar-refractivity contribution in [3.8, 4) is 22.6 Å². The highest BCUT2D eigenvalue weighted by Gasteiger charge is 2.15. The van der Waals surface area contributed by atoms with Crippen LogP contribution in [0.3, 0.4) is 0 Å². The van der Waals surface area contributed by atoms with Gasteiger partial charge in [-0.2, -0.15) is 0 Å². The second-order valence-corrected chi connectivity index (χ2v) is 5.18. The molecule has 0 N–H and O–H groups in total. The number of halogens is 2. The van der Waals surface area contributed by atoms with Crippen LogP contribution in [-0.2, 0) is 0 Å². The Bertz CT molecular complexity index is 750. The van der Waals surface area contributed by atoms with E-state index in [0.29, 0.717) is 27.4 Å². The normalized spacial score (nSPS) is 10.6. The third-order valence-electron chi connectivity index (χ3n) is 2.95. The minimum absolute atomic E-state index is 0.291. The largest absolute Gasteiger partial charge is 0.261 e. The van der Waals surface area contributed by atoms with Crippen molar-refractivity contribution in [1.82, 2.24) is 19.9 Å². The molecule has 104 valence electrons. The van der Waals surface area contributed by atoms with Gasteiger partial charge in [-0.05, 0) is 12.5 Å². The molecule has 3 aromatic rings. The summed E-state index contributed by atoms with van der Waals surface area (Å²) in [4.78, 5) is 16.7. The lowest BCUT2D eigenvalue weighted by atomic mass is 10.1. The Morgan fingerprint density at radius 3 is 2.14 bits per heavy atom. The maximum atomic E-state index is 6.28. The molecule has 6 heteroatoms. The molecular formula is C15H10Cl2N4. The molecular weight excluding hydrogens is 307 g/mol. The van der Waals surface area contributed by atoms with Gasteiger partial charge in [0.25, 0.3) is 0 Å². The molecule has 4 nitrogen and oxygen atoms in total. The van der Waals surface area contributed by atoms with E-state index in [1.165, 1.54) is 0 Å². The van der Waals surface area contributed by atoms with E-state index in [-0.39, 0.29) is 0 Å². The second-order valence-electron chi connectivity index (χ2n) is 4.46. The van der Waals surface area contributed by atoms with Gasteiger partial charge in [0.05, 0.1) is 11.8 Å². The Morgan fingerprint density at radius 1 is 0.905 bits per heavy atom. The Hall–Kier alpha value is -2.04. The second kappa shape index (κ2) is 5.76. The van der Waals surface area contributed by atoms with Crippen LogP contribution < -0.4 is 0 Å². The van der Waals surface area contributed by atoms with Gasteiger partial charge in [0, 0.05) is 12.4 Å². The first-order chi connectivity index (χ1) is 10.1. The van der Waals surface area contributed by atoms with Crippen LogP contribution in [0.1, 0.15) is 5.56 Å². The molecule has 1 aromatic carbocycles. The van der Waals surface area contributed by atoms with Crippen molar-refractivity contribution in [3.63, 3.8) is 0 Å². The fraction of sp³-hybridized carbons (Fsp3) is 0.0667. The number of rotatable bonds is 2. The van der Waals surface area contributed by atoms with Crippen molar-refractivity contribution in [2.45, 2.75) is 6.92 Å². The van der Waals surface area contributed by atoms with E-state index >= 15 is 0 Å². The Balaban J connectivity index is 2.11. The smallest absolute Gasteiger partial charge is 0.182 e. The first kappa shape index (κ1) is 13.9. The molecule has 0 unspecified atom stereocenters. The summed E-state index contributed by atoms with van der Waals surface area (Å²) in [5, 5.41) is 0.582. The summed E-state index contributed by atoms with van der Waals surface area (Å²) in [6.45, 7) is 2.01. The quantitative estimate of drug-likeness (QED) is 0.664. The molecule has 2 aromatic heterocycles. The van der Waals surface area contributed by atoms with Gasteiger partial charge in [-0.15, -0.1) is 0 Å². The van der Waals surface area contributed by atoms with Crippen LogP contribution in [-0.4, -0.2) is 19.9 Å². The van der Waals surface area contributed by atoms with Gasteiger partial charge in [0.1, 0.15) is 16.0 Å². The number of aryl methyl sites for hydroxylation is 1. The minimum atomic E-state index is 0.291. The molecule has 0 atom stereocenters. The number of nitrogens with zero attached hydrogens (tertiary/aromatic N) is 4. The SMILES string of the molecule is Cc1ccc(-c2c(Cl)nc(-c3cnccn3)nc2Cl)cc1. The first-order valence-corrected chi connectivity index (χ1v) is 6.97. The number of hydrogen-bond acceptors (Lipinski definition) is 4. The number of benzene rings is 1. The minimum Gasteiger partial charge on any atom is -0.261 e. The molecule has 0 aliphatic carbocycles. The Labute approximate surface area is 131 Å². The molecule has 0 saturated heterocycles. The zero-order valence-corrected chi connectivity index (χ0v) is 12.6. The van der Waals surface area contributed by atoms with Gasteiger partial charge >= 0.3 is 0 Å². The molecule has 0 spiro atoms. The van der Waals surface area contributed by atoms with E-state index in [1.807, 2.05) is 31.2 Å². The fourth-order valence-corrected chi connectivity index (χ4v) is 2.50. The highest BCUT2D eigenvalue weighted by Crippen LogP contribution is 2.33. The highest BCUT2D eigenvalue weighted by molar-refractivity contribution is 6.37. The summed E-state index contributed by atoms with van der Waals surface area (Å²) >= 11 is 12.6. The molecule has 0 bridgehead atoms. The van der Waals surface area contributed by atoms with Gasteiger partial charge in [0.2, 0.25) is 0 Å². The zero-order chi connectivity index (χ0) is 14.8. The van der Waals surface area contributed by atoms with Crippen LogP contribution in [0.4, 0.5) is 0 Å². The average Bonchev–Trinajstić information content (AvgIpc) is 2.49. The molecule has 0 fully saturated rings. The van der Waals surface area contributed by atoms with E-state index in [0.717, 1.165) is 11.1 Å². The molecule has 2 heterocycles. The third-order valence-corrected chi connectivity index (χ3v) is 3.50. The summed E-state index contributed by atoms with van der Waals surface area (Å²) in [5.41, 5.74) is 3.17. The number of hydrogen-bond donors (Lipinski definition) is 0. The van der Waals surface area contributed by atoms with Crippen LogP contribution in [0, 0.1) is 6.92 Å². The van der Waals surface area contributed by atoms with Gasteiger partial charge in [-0.3, -0.25) is 4.98 Å². The zero-order valence-electron chi connectivity index (χ0n) is 11.1. The molecule has 21 heavy (non-hydrogen) atoms. The lowest BCUT2D eigenvalue weighted by Gasteiger charge is -2.08. The van der Waals surface area contributed by atoms with E-state index in [2.05, 4.69) is 19.9 Å². The van der Waals surface area contributed by atoms with Gasteiger partial charge < -0.3 is 0 Å². The maximum Gasteiger partial charge on any atom is 0.182 e. The fourth-order valence-electron chi connectivity index (χ4n) is 1.90. The summed E-state index contributed by atoms with van der Waals surface area (Å²) in [6, 6.07) is 7.85. The Morgan fingerprint density at radius 2 is 1.57 bits per heavy atom. The molecule has 0 radical (unpaired) electrons. The van der Waals surface area contributed by atoms with Crippen LogP contribution >= 0.6 is 23.2 Å². The van der Waals surface area contributed by atoms with Crippen LogP contribution in [0.25, 0.3) is 22.6 Å². The molecule has 0 aliphatic rings. The van der Waals surface area contributed by atoms with Crippen molar-refractivity contribution in [3.05, 3.63) is 58.7 Å². The van der Waals surface area contributed by atoms with Crippen molar-refractivity contribution in [2.75, 3.05) is 0 Å². The lowest BCUT2D eigenvalue weighted by Crippen LogP contribution is -1.96. The van der Waals surface area contributed by atoms with Crippen molar-refractivity contribution < 1.29 is 0 Å². The van der Waals surface area contributed by atoms with E-state index in [4.69, 9.17) is 23.2 Å². The van der Waals surface area contributed by atoms with Gasteiger partial charge in [-0.25, -0.2) is 15.0 Å².